The normalized spacial score (nSPS) is 25.3. The first-order chi connectivity index (χ1) is 12.9. The van der Waals surface area contributed by atoms with Gasteiger partial charge in [-0.25, -0.2) is 0 Å². The Bertz CT molecular complexity index is 844. The Morgan fingerprint density at radius 2 is 1.93 bits per heavy atom. The lowest BCUT2D eigenvalue weighted by atomic mass is 9.96. The molecule has 0 radical (unpaired) electrons. The molecule has 2 saturated heterocycles. The highest BCUT2D eigenvalue weighted by molar-refractivity contribution is 6.31. The standard InChI is InChI=1S/C20H26ClN3O3/c1-12-15-10-13(21)2-3-16(15)22-19(12)20(27)24-9-6-17(18(26)11-24)23-7-4-14(25)5-8-23/h2-3,10,14,17-18,22,25-26H,4-9,11H2,1H3/t17-,18-/m1/s1. The van der Waals surface area contributed by atoms with Gasteiger partial charge in [0.15, 0.2) is 0 Å². The average molecular weight is 392 g/mol. The van der Waals surface area contributed by atoms with Crippen LogP contribution < -0.4 is 0 Å². The lowest BCUT2D eigenvalue weighted by molar-refractivity contribution is -0.0292. The van der Waals surface area contributed by atoms with Gasteiger partial charge in [0, 0.05) is 48.1 Å². The summed E-state index contributed by atoms with van der Waals surface area (Å²) in [4.78, 5) is 20.3. The molecule has 2 aromatic rings. The minimum absolute atomic E-state index is 0.0594. The highest BCUT2D eigenvalue weighted by atomic mass is 35.5. The summed E-state index contributed by atoms with van der Waals surface area (Å²) >= 11 is 6.08. The average Bonchev–Trinajstić information content (AvgIpc) is 2.98. The summed E-state index contributed by atoms with van der Waals surface area (Å²) < 4.78 is 0. The summed E-state index contributed by atoms with van der Waals surface area (Å²) in [5, 5.41) is 22.0. The molecule has 2 aliphatic heterocycles. The molecule has 27 heavy (non-hydrogen) atoms. The van der Waals surface area contributed by atoms with Crippen LogP contribution in [0.4, 0.5) is 0 Å². The number of nitrogens with one attached hydrogen (secondary N) is 1. The van der Waals surface area contributed by atoms with Crippen LogP contribution in [0.1, 0.15) is 35.3 Å². The Balaban J connectivity index is 1.47. The second kappa shape index (κ2) is 7.43. The van der Waals surface area contributed by atoms with Gasteiger partial charge in [-0.05, 0) is 49.9 Å². The number of hydrogen-bond acceptors (Lipinski definition) is 4. The molecule has 1 aromatic carbocycles. The number of β-amino-alcohol motifs (C(OH)–C–C–N with tert-alkyl or cyclic N) is 1. The molecule has 2 atom stereocenters. The zero-order valence-electron chi connectivity index (χ0n) is 15.5. The van der Waals surface area contributed by atoms with E-state index in [-0.39, 0.29) is 18.1 Å². The van der Waals surface area contributed by atoms with E-state index in [0.717, 1.165) is 48.8 Å². The lowest BCUT2D eigenvalue weighted by Gasteiger charge is -2.43. The predicted molar refractivity (Wildman–Crippen MR) is 105 cm³/mol. The number of piperidine rings is 2. The third kappa shape index (κ3) is 3.59. The number of H-pyrrole nitrogens is 1. The van der Waals surface area contributed by atoms with Crippen molar-refractivity contribution in [3.05, 3.63) is 34.5 Å². The fourth-order valence-electron chi connectivity index (χ4n) is 4.42. The van der Waals surface area contributed by atoms with E-state index in [0.29, 0.717) is 23.8 Å². The molecule has 2 aliphatic rings. The van der Waals surface area contributed by atoms with E-state index in [1.54, 1.807) is 11.0 Å². The van der Waals surface area contributed by atoms with Crippen molar-refractivity contribution in [3.63, 3.8) is 0 Å². The molecular weight excluding hydrogens is 366 g/mol. The van der Waals surface area contributed by atoms with Crippen molar-refractivity contribution in [2.24, 2.45) is 0 Å². The molecular formula is C20H26ClN3O3. The van der Waals surface area contributed by atoms with Crippen molar-refractivity contribution in [2.45, 2.75) is 44.4 Å². The maximum atomic E-state index is 13.1. The molecule has 1 amide bonds. The number of halogens is 1. The molecule has 1 aromatic heterocycles. The highest BCUT2D eigenvalue weighted by Crippen LogP contribution is 2.27. The molecule has 4 rings (SSSR count). The number of rotatable bonds is 2. The smallest absolute Gasteiger partial charge is 0.270 e. The Kier molecular flexibility index (Phi) is 5.16. The number of hydrogen-bond donors (Lipinski definition) is 3. The molecule has 3 heterocycles. The van der Waals surface area contributed by atoms with Gasteiger partial charge in [0.05, 0.1) is 12.2 Å². The molecule has 3 N–H and O–H groups in total. The maximum Gasteiger partial charge on any atom is 0.270 e. The Morgan fingerprint density at radius 1 is 1.19 bits per heavy atom. The van der Waals surface area contributed by atoms with Crippen molar-refractivity contribution in [1.29, 1.82) is 0 Å². The Hall–Kier alpha value is -1.60. The quantitative estimate of drug-likeness (QED) is 0.733. The summed E-state index contributed by atoms with van der Waals surface area (Å²) in [5.41, 5.74) is 2.35. The van der Waals surface area contributed by atoms with Crippen LogP contribution in [0.5, 0.6) is 0 Å². The minimum atomic E-state index is -0.572. The number of carbonyl (C=O) groups is 1. The zero-order valence-corrected chi connectivity index (χ0v) is 16.2. The molecule has 6 nitrogen and oxygen atoms in total. The fraction of sp³-hybridized carbons (Fsp3) is 0.550. The van der Waals surface area contributed by atoms with Gasteiger partial charge in [0.2, 0.25) is 0 Å². The molecule has 0 bridgehead atoms. The van der Waals surface area contributed by atoms with Crippen LogP contribution in [0.3, 0.4) is 0 Å². The van der Waals surface area contributed by atoms with E-state index in [9.17, 15) is 15.0 Å². The first-order valence-corrected chi connectivity index (χ1v) is 9.99. The number of aliphatic hydroxyl groups excluding tert-OH is 2. The van der Waals surface area contributed by atoms with Gasteiger partial charge >= 0.3 is 0 Å². The first-order valence-electron chi connectivity index (χ1n) is 9.61. The number of amides is 1. The molecule has 0 spiro atoms. The Morgan fingerprint density at radius 3 is 2.63 bits per heavy atom. The SMILES string of the molecule is Cc1c(C(=O)N2CC[C@@H](N3CCC(O)CC3)[C@H](O)C2)[nH]c2ccc(Cl)cc12. The van der Waals surface area contributed by atoms with E-state index in [4.69, 9.17) is 11.6 Å². The van der Waals surface area contributed by atoms with Crippen molar-refractivity contribution in [1.82, 2.24) is 14.8 Å². The third-order valence-corrected chi connectivity index (χ3v) is 6.27. The molecule has 0 saturated carbocycles. The van der Waals surface area contributed by atoms with Gasteiger partial charge in [0.1, 0.15) is 5.69 Å². The highest BCUT2D eigenvalue weighted by Gasteiger charge is 2.36. The number of fused-ring (bicyclic) bond motifs is 1. The van der Waals surface area contributed by atoms with Gasteiger partial charge < -0.3 is 20.1 Å². The summed E-state index contributed by atoms with van der Waals surface area (Å²) in [7, 11) is 0. The monoisotopic (exact) mass is 391 g/mol. The van der Waals surface area contributed by atoms with Gasteiger partial charge in [-0.2, -0.15) is 0 Å². The first kappa shape index (κ1) is 18.7. The van der Waals surface area contributed by atoms with E-state index in [1.165, 1.54) is 0 Å². The van der Waals surface area contributed by atoms with Gasteiger partial charge in [-0.3, -0.25) is 9.69 Å². The molecule has 0 unspecified atom stereocenters. The van der Waals surface area contributed by atoms with Crippen molar-refractivity contribution in [2.75, 3.05) is 26.2 Å². The lowest BCUT2D eigenvalue weighted by Crippen LogP contribution is -2.57. The van der Waals surface area contributed by atoms with Crippen LogP contribution in [0.15, 0.2) is 18.2 Å². The number of likely N-dealkylation sites (tertiary alicyclic amines) is 2. The molecule has 146 valence electrons. The summed E-state index contributed by atoms with van der Waals surface area (Å²) in [6.45, 7) is 4.48. The van der Waals surface area contributed by atoms with Crippen LogP contribution in [0.2, 0.25) is 5.02 Å². The van der Waals surface area contributed by atoms with Crippen LogP contribution in [-0.4, -0.2) is 75.3 Å². The maximum absolute atomic E-state index is 13.1. The second-order valence-corrected chi connectivity index (χ2v) is 8.19. The molecule has 0 aliphatic carbocycles. The fourth-order valence-corrected chi connectivity index (χ4v) is 4.59. The number of aromatic amines is 1. The number of benzene rings is 1. The number of carbonyl (C=O) groups excluding carboxylic acids is 1. The van der Waals surface area contributed by atoms with Crippen LogP contribution in [0.25, 0.3) is 10.9 Å². The zero-order chi connectivity index (χ0) is 19.1. The van der Waals surface area contributed by atoms with Crippen LogP contribution >= 0.6 is 11.6 Å². The van der Waals surface area contributed by atoms with Crippen molar-refractivity contribution < 1.29 is 15.0 Å². The number of aromatic nitrogens is 1. The number of aryl methyl sites for hydroxylation is 1. The summed E-state index contributed by atoms with van der Waals surface area (Å²) in [6, 6.07) is 5.61. The van der Waals surface area contributed by atoms with Crippen LogP contribution in [0, 0.1) is 6.92 Å². The topological polar surface area (TPSA) is 79.8 Å². The number of aliphatic hydroxyl groups is 2. The summed E-state index contributed by atoms with van der Waals surface area (Å²) in [6.07, 6.45) is 1.45. The Labute approximate surface area is 163 Å². The third-order valence-electron chi connectivity index (χ3n) is 6.04. The summed E-state index contributed by atoms with van der Waals surface area (Å²) in [5.74, 6) is -0.0774. The van der Waals surface area contributed by atoms with E-state index in [1.807, 2.05) is 19.1 Å². The second-order valence-electron chi connectivity index (χ2n) is 7.76. The van der Waals surface area contributed by atoms with Crippen LogP contribution in [-0.2, 0) is 0 Å². The largest absolute Gasteiger partial charge is 0.393 e. The molecule has 2 fully saturated rings. The minimum Gasteiger partial charge on any atom is -0.393 e. The van der Waals surface area contributed by atoms with Crippen molar-refractivity contribution >= 4 is 28.4 Å². The molecule has 7 heteroatoms. The van der Waals surface area contributed by atoms with Gasteiger partial charge in [-0.15, -0.1) is 0 Å². The van der Waals surface area contributed by atoms with Crippen molar-refractivity contribution in [3.8, 4) is 0 Å². The van der Waals surface area contributed by atoms with E-state index in [2.05, 4.69) is 9.88 Å². The van der Waals surface area contributed by atoms with Gasteiger partial charge in [0.25, 0.3) is 5.91 Å². The van der Waals surface area contributed by atoms with Gasteiger partial charge in [-0.1, -0.05) is 11.6 Å². The van der Waals surface area contributed by atoms with E-state index < -0.39 is 6.10 Å². The van der Waals surface area contributed by atoms with E-state index >= 15 is 0 Å². The predicted octanol–water partition coefficient (Wildman–Crippen LogP) is 2.16. The number of nitrogens with zero attached hydrogens (tertiary/aromatic N) is 2.